The predicted molar refractivity (Wildman–Crippen MR) is 49.7 cm³/mol. The van der Waals surface area contributed by atoms with E-state index in [-0.39, 0.29) is 17.9 Å². The molecule has 1 atom stereocenters. The van der Waals surface area contributed by atoms with Crippen molar-refractivity contribution in [3.05, 3.63) is 24.0 Å². The molecule has 0 aromatic carbocycles. The van der Waals surface area contributed by atoms with Crippen molar-refractivity contribution in [1.82, 2.24) is 4.98 Å². The number of hydrogen-bond donors (Lipinski definition) is 3. The van der Waals surface area contributed by atoms with Crippen LogP contribution in [0.4, 0.5) is 0 Å². The minimum atomic E-state index is -1.16. The highest BCUT2D eigenvalue weighted by Gasteiger charge is 2.28. The Hall–Kier alpha value is -1.62. The third-order valence-electron chi connectivity index (χ3n) is 1.85. The quantitative estimate of drug-likeness (QED) is 0.651. The maximum absolute atomic E-state index is 10.5. The molecule has 76 valence electrons. The van der Waals surface area contributed by atoms with Gasteiger partial charge in [-0.3, -0.25) is 9.78 Å². The van der Waals surface area contributed by atoms with Gasteiger partial charge in [-0.2, -0.15) is 0 Å². The molecular weight excluding hydrogens is 184 g/mol. The highest BCUT2D eigenvalue weighted by molar-refractivity contribution is 5.68. The molecule has 1 aromatic rings. The molecule has 0 amide bonds. The number of nitrogens with two attached hydrogens (primary N) is 1. The summed E-state index contributed by atoms with van der Waals surface area (Å²) in [6.07, 6.45) is 1.18. The molecule has 5 heteroatoms. The molecule has 0 aliphatic carbocycles. The average molecular weight is 196 g/mol. The van der Waals surface area contributed by atoms with Gasteiger partial charge in [-0.1, -0.05) is 0 Å². The van der Waals surface area contributed by atoms with E-state index >= 15 is 0 Å². The van der Waals surface area contributed by atoms with Crippen LogP contribution in [0.3, 0.4) is 0 Å². The minimum Gasteiger partial charge on any atom is -0.506 e. The largest absolute Gasteiger partial charge is 0.506 e. The zero-order valence-electron chi connectivity index (χ0n) is 7.77. The Morgan fingerprint density at radius 3 is 2.86 bits per heavy atom. The summed E-state index contributed by atoms with van der Waals surface area (Å²) < 4.78 is 0. The molecule has 0 fully saturated rings. The van der Waals surface area contributed by atoms with Crippen LogP contribution < -0.4 is 5.73 Å². The van der Waals surface area contributed by atoms with Crippen molar-refractivity contribution in [2.75, 3.05) is 0 Å². The molecule has 0 saturated heterocycles. The Morgan fingerprint density at radius 2 is 2.36 bits per heavy atom. The van der Waals surface area contributed by atoms with Crippen LogP contribution in [0.2, 0.25) is 0 Å². The molecule has 0 radical (unpaired) electrons. The van der Waals surface area contributed by atoms with Crippen molar-refractivity contribution in [3.63, 3.8) is 0 Å². The highest BCUT2D eigenvalue weighted by atomic mass is 16.4. The van der Waals surface area contributed by atoms with Gasteiger partial charge in [0.25, 0.3) is 0 Å². The van der Waals surface area contributed by atoms with Gasteiger partial charge in [0.2, 0.25) is 0 Å². The third kappa shape index (κ3) is 2.20. The van der Waals surface area contributed by atoms with Gasteiger partial charge in [0.15, 0.2) is 0 Å². The number of nitrogens with zero attached hydrogens (tertiary/aromatic N) is 1. The van der Waals surface area contributed by atoms with Gasteiger partial charge >= 0.3 is 5.97 Å². The van der Waals surface area contributed by atoms with Gasteiger partial charge in [-0.15, -0.1) is 0 Å². The van der Waals surface area contributed by atoms with Crippen molar-refractivity contribution < 1.29 is 15.0 Å². The maximum Gasteiger partial charge on any atom is 0.305 e. The second-order valence-electron chi connectivity index (χ2n) is 3.36. The summed E-state index contributed by atoms with van der Waals surface area (Å²) >= 11 is 0. The lowest BCUT2D eigenvalue weighted by Gasteiger charge is -2.22. The zero-order valence-corrected chi connectivity index (χ0v) is 7.77. The lowest BCUT2D eigenvalue weighted by atomic mass is 9.94. The van der Waals surface area contributed by atoms with E-state index in [1.165, 1.54) is 19.2 Å². The molecule has 0 spiro atoms. The van der Waals surface area contributed by atoms with E-state index in [9.17, 15) is 9.90 Å². The fourth-order valence-electron chi connectivity index (χ4n) is 1.23. The molecule has 1 unspecified atom stereocenters. The number of rotatable bonds is 3. The first-order valence-corrected chi connectivity index (χ1v) is 4.08. The third-order valence-corrected chi connectivity index (χ3v) is 1.85. The predicted octanol–water partition coefficient (Wildman–Crippen LogP) is 0.436. The first-order chi connectivity index (χ1) is 6.43. The van der Waals surface area contributed by atoms with Gasteiger partial charge in [-0.05, 0) is 19.1 Å². The van der Waals surface area contributed by atoms with E-state index in [0.29, 0.717) is 0 Å². The summed E-state index contributed by atoms with van der Waals surface area (Å²) in [6.45, 7) is 1.52. The van der Waals surface area contributed by atoms with Crippen LogP contribution in [0.1, 0.15) is 19.0 Å². The summed E-state index contributed by atoms with van der Waals surface area (Å²) in [5, 5.41) is 18.0. The van der Waals surface area contributed by atoms with E-state index in [4.69, 9.17) is 10.8 Å². The number of carboxylic acid groups (broad SMARTS) is 1. The molecule has 1 heterocycles. The van der Waals surface area contributed by atoms with Gasteiger partial charge in [-0.25, -0.2) is 0 Å². The molecular formula is C9H12N2O3. The molecule has 0 aliphatic rings. The molecule has 0 aliphatic heterocycles. The number of pyridine rings is 1. The Balaban J connectivity index is 3.03. The Bertz CT molecular complexity index is 350. The van der Waals surface area contributed by atoms with Crippen LogP contribution in [0, 0.1) is 0 Å². The van der Waals surface area contributed by atoms with Gasteiger partial charge in [0, 0.05) is 6.20 Å². The number of aromatic hydroxyl groups is 1. The molecule has 1 rings (SSSR count). The van der Waals surface area contributed by atoms with Gasteiger partial charge < -0.3 is 15.9 Å². The number of hydrogen-bond acceptors (Lipinski definition) is 4. The Kier molecular flexibility index (Phi) is 2.71. The standard InChI is InChI=1S/C9H12N2O3/c1-9(10,5-7(13)14)8-6(12)3-2-4-11-8/h2-4,12H,5,10H2,1H3,(H,13,14). The van der Waals surface area contributed by atoms with Gasteiger partial charge in [0.05, 0.1) is 12.0 Å². The van der Waals surface area contributed by atoms with Crippen LogP contribution in [-0.4, -0.2) is 21.2 Å². The molecule has 5 nitrogen and oxygen atoms in total. The normalized spacial score (nSPS) is 14.7. The maximum atomic E-state index is 10.5. The van der Waals surface area contributed by atoms with Gasteiger partial charge in [0.1, 0.15) is 11.4 Å². The van der Waals surface area contributed by atoms with Crippen molar-refractivity contribution >= 4 is 5.97 Å². The van der Waals surface area contributed by atoms with E-state index in [1.807, 2.05) is 0 Å². The van der Waals surface area contributed by atoms with E-state index in [1.54, 1.807) is 6.07 Å². The fraction of sp³-hybridized carbons (Fsp3) is 0.333. The van der Waals surface area contributed by atoms with Crippen molar-refractivity contribution in [3.8, 4) is 5.75 Å². The molecule has 4 N–H and O–H groups in total. The molecule has 1 aromatic heterocycles. The number of aliphatic carboxylic acids is 1. The van der Waals surface area contributed by atoms with E-state index in [0.717, 1.165) is 0 Å². The second-order valence-corrected chi connectivity index (χ2v) is 3.36. The fourth-order valence-corrected chi connectivity index (χ4v) is 1.23. The van der Waals surface area contributed by atoms with Crippen LogP contribution in [0.25, 0.3) is 0 Å². The number of carbonyl (C=O) groups is 1. The number of aromatic nitrogens is 1. The van der Waals surface area contributed by atoms with Crippen LogP contribution in [-0.2, 0) is 10.3 Å². The second kappa shape index (κ2) is 3.63. The monoisotopic (exact) mass is 196 g/mol. The summed E-state index contributed by atoms with van der Waals surface area (Å²) in [7, 11) is 0. The first kappa shape index (κ1) is 10.5. The Morgan fingerprint density at radius 1 is 1.71 bits per heavy atom. The van der Waals surface area contributed by atoms with Crippen LogP contribution >= 0.6 is 0 Å². The summed E-state index contributed by atoms with van der Waals surface area (Å²) in [4.78, 5) is 14.4. The SMILES string of the molecule is CC(N)(CC(=O)O)c1ncccc1O. The van der Waals surface area contributed by atoms with Crippen molar-refractivity contribution in [1.29, 1.82) is 0 Å². The topological polar surface area (TPSA) is 96.4 Å². The summed E-state index contributed by atoms with van der Waals surface area (Å²) in [6, 6.07) is 2.98. The van der Waals surface area contributed by atoms with Crippen molar-refractivity contribution in [2.24, 2.45) is 5.73 Å². The minimum absolute atomic E-state index is 0.0845. The zero-order chi connectivity index (χ0) is 10.8. The molecule has 0 bridgehead atoms. The molecule has 14 heavy (non-hydrogen) atoms. The summed E-state index contributed by atoms with van der Waals surface area (Å²) in [5.74, 6) is -1.11. The number of carboxylic acids is 1. The smallest absolute Gasteiger partial charge is 0.305 e. The lowest BCUT2D eigenvalue weighted by molar-refractivity contribution is -0.138. The van der Waals surface area contributed by atoms with Crippen molar-refractivity contribution in [2.45, 2.75) is 18.9 Å². The summed E-state index contributed by atoms with van der Waals surface area (Å²) in [5.41, 5.74) is 4.78. The lowest BCUT2D eigenvalue weighted by Crippen LogP contribution is -2.36. The Labute approximate surface area is 81.2 Å². The first-order valence-electron chi connectivity index (χ1n) is 4.08. The van der Waals surface area contributed by atoms with Crippen LogP contribution in [0.15, 0.2) is 18.3 Å². The molecule has 0 saturated carbocycles. The average Bonchev–Trinajstić information content (AvgIpc) is 2.02. The highest BCUT2D eigenvalue weighted by Crippen LogP contribution is 2.26. The van der Waals surface area contributed by atoms with E-state index < -0.39 is 11.5 Å². The van der Waals surface area contributed by atoms with E-state index in [2.05, 4.69) is 4.98 Å². The van der Waals surface area contributed by atoms with Crippen LogP contribution in [0.5, 0.6) is 5.75 Å².